The zero-order valence-corrected chi connectivity index (χ0v) is 18.4. The predicted molar refractivity (Wildman–Crippen MR) is 117 cm³/mol. The van der Waals surface area contributed by atoms with E-state index in [4.69, 9.17) is 4.74 Å². The number of nitrogens with one attached hydrogen (secondary N) is 1. The summed E-state index contributed by atoms with van der Waals surface area (Å²) >= 11 is 4.62. The van der Waals surface area contributed by atoms with E-state index in [1.807, 2.05) is 35.8 Å². The molecule has 0 bridgehead atoms. The molecule has 156 valence electrons. The highest BCUT2D eigenvalue weighted by Crippen LogP contribution is 2.21. The Kier molecular flexibility index (Phi) is 7.41. The van der Waals surface area contributed by atoms with E-state index >= 15 is 0 Å². The van der Waals surface area contributed by atoms with Crippen LogP contribution >= 0.6 is 27.7 Å². The number of aromatic nitrogens is 3. The Morgan fingerprint density at radius 3 is 2.73 bits per heavy atom. The lowest BCUT2D eigenvalue weighted by molar-refractivity contribution is -0.384. The molecule has 0 radical (unpaired) electrons. The highest BCUT2D eigenvalue weighted by Gasteiger charge is 2.14. The normalized spacial score (nSPS) is 10.6. The van der Waals surface area contributed by atoms with Gasteiger partial charge >= 0.3 is 0 Å². The third-order valence-corrected chi connectivity index (χ3v) is 5.46. The lowest BCUT2D eigenvalue weighted by Crippen LogP contribution is -2.15. The van der Waals surface area contributed by atoms with Crippen molar-refractivity contribution in [2.24, 2.45) is 0 Å². The zero-order chi connectivity index (χ0) is 21.5. The van der Waals surface area contributed by atoms with Crippen LogP contribution in [0.2, 0.25) is 0 Å². The highest BCUT2D eigenvalue weighted by atomic mass is 79.9. The number of carbonyl (C=O) groups is 1. The summed E-state index contributed by atoms with van der Waals surface area (Å²) in [7, 11) is 0. The lowest BCUT2D eigenvalue weighted by Gasteiger charge is -2.09. The largest absolute Gasteiger partial charge is 0.486 e. The van der Waals surface area contributed by atoms with E-state index in [1.165, 1.54) is 30.0 Å². The number of carbonyl (C=O) groups excluding carboxylic acids is 1. The van der Waals surface area contributed by atoms with Crippen molar-refractivity contribution in [3.8, 4) is 5.75 Å². The van der Waals surface area contributed by atoms with E-state index in [-0.39, 0.29) is 24.0 Å². The number of hydrogen-bond acceptors (Lipinski definition) is 7. The van der Waals surface area contributed by atoms with Crippen molar-refractivity contribution in [2.45, 2.75) is 25.2 Å². The minimum Gasteiger partial charge on any atom is -0.486 e. The minimum absolute atomic E-state index is 0.0819. The van der Waals surface area contributed by atoms with Gasteiger partial charge in [0.05, 0.1) is 10.7 Å². The van der Waals surface area contributed by atoms with Crippen molar-refractivity contribution in [2.75, 3.05) is 11.1 Å². The summed E-state index contributed by atoms with van der Waals surface area (Å²) in [5.41, 5.74) is 0.289. The smallest absolute Gasteiger partial charge is 0.271 e. The molecule has 2 aromatic carbocycles. The van der Waals surface area contributed by atoms with E-state index in [1.54, 1.807) is 6.07 Å². The molecule has 30 heavy (non-hydrogen) atoms. The van der Waals surface area contributed by atoms with E-state index in [9.17, 15) is 14.9 Å². The first-order valence-corrected chi connectivity index (χ1v) is 10.7. The first-order valence-electron chi connectivity index (χ1n) is 8.94. The maximum Gasteiger partial charge on any atom is 0.271 e. The van der Waals surface area contributed by atoms with Gasteiger partial charge < -0.3 is 14.6 Å². The molecule has 1 aromatic heterocycles. The Morgan fingerprint density at radius 1 is 1.27 bits per heavy atom. The maximum atomic E-state index is 12.2. The number of amides is 1. The van der Waals surface area contributed by atoms with Crippen LogP contribution in [0.4, 0.5) is 11.4 Å². The van der Waals surface area contributed by atoms with Gasteiger partial charge in [0.15, 0.2) is 11.0 Å². The first kappa shape index (κ1) is 21.8. The van der Waals surface area contributed by atoms with Crippen LogP contribution < -0.4 is 10.1 Å². The molecule has 1 N–H and O–H groups in total. The predicted octanol–water partition coefficient (Wildman–Crippen LogP) is 4.28. The van der Waals surface area contributed by atoms with Crippen LogP contribution in [0.25, 0.3) is 0 Å². The third kappa shape index (κ3) is 5.80. The molecule has 1 heterocycles. The molecule has 1 amide bonds. The number of nitro benzene ring substituents is 1. The van der Waals surface area contributed by atoms with E-state index in [0.717, 1.165) is 10.2 Å². The van der Waals surface area contributed by atoms with Crippen LogP contribution in [0.15, 0.2) is 58.2 Å². The van der Waals surface area contributed by atoms with Crippen molar-refractivity contribution in [1.29, 1.82) is 0 Å². The van der Waals surface area contributed by atoms with Crippen molar-refractivity contribution in [1.82, 2.24) is 14.8 Å². The van der Waals surface area contributed by atoms with Crippen molar-refractivity contribution in [3.63, 3.8) is 0 Å². The van der Waals surface area contributed by atoms with E-state index in [2.05, 4.69) is 31.4 Å². The molecular weight excluding hydrogens is 474 g/mol. The SMILES string of the molecule is CCn1c(COc2ccc(Br)cc2)nnc1SCC(=O)Nc1cccc([N+](=O)[O-])c1. The third-order valence-electron chi connectivity index (χ3n) is 3.96. The quantitative estimate of drug-likeness (QED) is 0.270. The molecule has 0 saturated carbocycles. The summed E-state index contributed by atoms with van der Waals surface area (Å²) < 4.78 is 8.60. The molecular formula is C19H18BrN5O4S. The fourth-order valence-electron chi connectivity index (χ4n) is 2.55. The number of nitrogens with zero attached hydrogens (tertiary/aromatic N) is 4. The van der Waals surface area contributed by atoms with Gasteiger partial charge in [-0.05, 0) is 37.3 Å². The first-order chi connectivity index (χ1) is 14.5. The Bertz CT molecular complexity index is 1040. The zero-order valence-electron chi connectivity index (χ0n) is 15.9. The summed E-state index contributed by atoms with van der Waals surface area (Å²) in [4.78, 5) is 22.6. The number of anilines is 1. The van der Waals surface area contributed by atoms with Crippen LogP contribution in [0, 0.1) is 10.1 Å². The highest BCUT2D eigenvalue weighted by molar-refractivity contribution is 9.10. The molecule has 0 aliphatic rings. The summed E-state index contributed by atoms with van der Waals surface area (Å²) in [5.74, 6) is 1.17. The summed E-state index contributed by atoms with van der Waals surface area (Å²) in [6.45, 7) is 2.84. The van der Waals surface area contributed by atoms with Crippen molar-refractivity contribution < 1.29 is 14.5 Å². The summed E-state index contributed by atoms with van der Waals surface area (Å²) in [5, 5.41) is 22.4. The second kappa shape index (κ2) is 10.2. The monoisotopic (exact) mass is 491 g/mol. The Hall–Kier alpha value is -2.92. The molecule has 0 saturated heterocycles. The second-order valence-electron chi connectivity index (χ2n) is 6.03. The fourth-order valence-corrected chi connectivity index (χ4v) is 3.64. The summed E-state index contributed by atoms with van der Waals surface area (Å²) in [6, 6.07) is 13.3. The second-order valence-corrected chi connectivity index (χ2v) is 7.89. The van der Waals surface area contributed by atoms with Crippen LogP contribution in [0.1, 0.15) is 12.7 Å². The molecule has 9 nitrogen and oxygen atoms in total. The van der Waals surface area contributed by atoms with Gasteiger partial charge in [0.1, 0.15) is 12.4 Å². The standard InChI is InChI=1S/C19H18BrN5O4S/c1-2-24-17(11-29-16-8-6-13(20)7-9-16)22-23-19(24)30-12-18(26)21-14-4-3-5-15(10-14)25(27)28/h3-10H,2,11-12H2,1H3,(H,21,26). The van der Waals surface area contributed by atoms with Gasteiger partial charge in [-0.15, -0.1) is 10.2 Å². The van der Waals surface area contributed by atoms with Crippen LogP contribution in [0.3, 0.4) is 0 Å². The molecule has 0 unspecified atom stereocenters. The number of rotatable bonds is 9. The van der Waals surface area contributed by atoms with Crippen molar-refractivity contribution in [3.05, 3.63) is 68.9 Å². The van der Waals surface area contributed by atoms with Crippen LogP contribution in [0.5, 0.6) is 5.75 Å². The van der Waals surface area contributed by atoms with Crippen LogP contribution in [-0.2, 0) is 17.9 Å². The van der Waals surface area contributed by atoms with E-state index < -0.39 is 4.92 Å². The molecule has 3 aromatic rings. The van der Waals surface area contributed by atoms with Crippen molar-refractivity contribution >= 4 is 45.0 Å². The lowest BCUT2D eigenvalue weighted by atomic mass is 10.3. The number of thioether (sulfide) groups is 1. The topological polar surface area (TPSA) is 112 Å². The Labute approximate surface area is 185 Å². The Balaban J connectivity index is 1.57. The number of benzene rings is 2. The van der Waals surface area contributed by atoms with Gasteiger partial charge in [-0.3, -0.25) is 14.9 Å². The molecule has 0 spiro atoms. The van der Waals surface area contributed by atoms with Gasteiger partial charge in [0, 0.05) is 28.8 Å². The fraction of sp³-hybridized carbons (Fsp3) is 0.211. The average molecular weight is 492 g/mol. The Morgan fingerprint density at radius 2 is 2.03 bits per heavy atom. The number of halogens is 1. The maximum absolute atomic E-state index is 12.2. The van der Waals surface area contributed by atoms with Gasteiger partial charge in [0.2, 0.25) is 5.91 Å². The van der Waals surface area contributed by atoms with Gasteiger partial charge in [0.25, 0.3) is 5.69 Å². The summed E-state index contributed by atoms with van der Waals surface area (Å²) in [6.07, 6.45) is 0. The molecule has 3 rings (SSSR count). The number of hydrogen-bond donors (Lipinski definition) is 1. The van der Waals surface area contributed by atoms with Gasteiger partial charge in [-0.25, -0.2) is 0 Å². The average Bonchev–Trinajstić information content (AvgIpc) is 3.14. The number of ether oxygens (including phenoxy) is 1. The number of nitro groups is 1. The van der Waals surface area contributed by atoms with Gasteiger partial charge in [-0.2, -0.15) is 0 Å². The van der Waals surface area contributed by atoms with E-state index in [0.29, 0.717) is 23.2 Å². The molecule has 11 heteroatoms. The van der Waals surface area contributed by atoms with Gasteiger partial charge in [-0.1, -0.05) is 33.8 Å². The number of non-ortho nitro benzene ring substituents is 1. The molecule has 0 aliphatic carbocycles. The molecule has 0 aliphatic heterocycles. The van der Waals surface area contributed by atoms with Crippen LogP contribution in [-0.4, -0.2) is 31.3 Å². The molecule has 0 fully saturated rings. The minimum atomic E-state index is -0.508. The molecule has 0 atom stereocenters.